The molecule has 0 amide bonds. The molecule has 5 heteroatoms. The van der Waals surface area contributed by atoms with Crippen molar-refractivity contribution in [1.29, 1.82) is 0 Å². The molecule has 0 fully saturated rings. The Balaban J connectivity index is 2.81. The number of rotatable bonds is 6. The van der Waals surface area contributed by atoms with Crippen LogP contribution in [-0.2, 0) is 11.2 Å². The molecule has 1 aromatic carbocycles. The number of benzene rings is 1. The Bertz CT molecular complexity index is 374. The highest BCUT2D eigenvalue weighted by Crippen LogP contribution is 2.23. The maximum Gasteiger partial charge on any atom is 0.143 e. The maximum atomic E-state index is 13.7. The second kappa shape index (κ2) is 7.03. The molecule has 0 aliphatic heterocycles. The van der Waals surface area contributed by atoms with Crippen molar-refractivity contribution in [1.82, 2.24) is 5.32 Å². The van der Waals surface area contributed by atoms with Gasteiger partial charge in [-0.3, -0.25) is 0 Å². The van der Waals surface area contributed by atoms with Crippen molar-refractivity contribution in [3.63, 3.8) is 0 Å². The van der Waals surface area contributed by atoms with E-state index in [1.807, 2.05) is 0 Å². The predicted molar refractivity (Wildman–Crippen MR) is 67.1 cm³/mol. The van der Waals surface area contributed by atoms with Crippen LogP contribution in [-0.4, -0.2) is 26.8 Å². The summed E-state index contributed by atoms with van der Waals surface area (Å²) in [5, 5.41) is 3.03. The van der Waals surface area contributed by atoms with Gasteiger partial charge in [0.25, 0.3) is 0 Å². The van der Waals surface area contributed by atoms with Gasteiger partial charge >= 0.3 is 0 Å². The van der Waals surface area contributed by atoms with Gasteiger partial charge in [-0.05, 0) is 48.0 Å². The number of halogens is 3. The summed E-state index contributed by atoms with van der Waals surface area (Å²) in [5.74, 6) is -1.04. The Morgan fingerprint density at radius 1 is 1.41 bits per heavy atom. The molecule has 1 N–H and O–H groups in total. The summed E-state index contributed by atoms with van der Waals surface area (Å²) in [6.07, 6.45) is 1.01. The number of hydrogen-bond donors (Lipinski definition) is 1. The topological polar surface area (TPSA) is 21.3 Å². The Morgan fingerprint density at radius 3 is 2.71 bits per heavy atom. The number of methoxy groups -OCH3 is 1. The zero-order valence-corrected chi connectivity index (χ0v) is 11.5. The van der Waals surface area contributed by atoms with Crippen molar-refractivity contribution in [3.05, 3.63) is 33.8 Å². The molecule has 0 aromatic heterocycles. The molecule has 0 radical (unpaired) electrons. The lowest BCUT2D eigenvalue weighted by Gasteiger charge is -2.17. The Kier molecular flexibility index (Phi) is 6.02. The van der Waals surface area contributed by atoms with Crippen LogP contribution in [0.2, 0.25) is 0 Å². The fraction of sp³-hybridized carbons (Fsp3) is 0.500. The third kappa shape index (κ3) is 4.01. The van der Waals surface area contributed by atoms with Gasteiger partial charge in [0.05, 0.1) is 4.47 Å². The largest absolute Gasteiger partial charge is 0.385 e. The average Bonchev–Trinajstić information content (AvgIpc) is 2.33. The average molecular weight is 308 g/mol. The fourth-order valence-corrected chi connectivity index (χ4v) is 1.98. The van der Waals surface area contributed by atoms with E-state index >= 15 is 0 Å². The van der Waals surface area contributed by atoms with E-state index in [1.165, 1.54) is 12.1 Å². The SMILES string of the molecule is CNC(CCOC)Cc1c(F)ccc(Br)c1F. The first-order valence-electron chi connectivity index (χ1n) is 5.38. The molecule has 1 rings (SSSR count). The molecule has 17 heavy (non-hydrogen) atoms. The Hall–Kier alpha value is -0.520. The van der Waals surface area contributed by atoms with Crippen LogP contribution in [0.15, 0.2) is 16.6 Å². The second-order valence-corrected chi connectivity index (χ2v) is 4.65. The summed E-state index contributed by atoms with van der Waals surface area (Å²) in [6, 6.07) is 2.64. The molecule has 1 atom stereocenters. The van der Waals surface area contributed by atoms with E-state index in [1.54, 1.807) is 14.2 Å². The quantitative estimate of drug-likeness (QED) is 0.816. The van der Waals surface area contributed by atoms with Gasteiger partial charge in [0.2, 0.25) is 0 Å². The summed E-state index contributed by atoms with van der Waals surface area (Å²) in [6.45, 7) is 0.558. The number of ether oxygens (including phenoxy) is 1. The maximum absolute atomic E-state index is 13.7. The van der Waals surface area contributed by atoms with Crippen LogP contribution in [0.25, 0.3) is 0 Å². The van der Waals surface area contributed by atoms with Crippen molar-refractivity contribution >= 4 is 15.9 Å². The van der Waals surface area contributed by atoms with Crippen LogP contribution >= 0.6 is 15.9 Å². The van der Waals surface area contributed by atoms with Gasteiger partial charge in [-0.15, -0.1) is 0 Å². The minimum atomic E-state index is -0.525. The molecule has 0 saturated heterocycles. The van der Waals surface area contributed by atoms with Crippen LogP contribution in [0.4, 0.5) is 8.78 Å². The Morgan fingerprint density at radius 2 is 2.12 bits per heavy atom. The monoisotopic (exact) mass is 307 g/mol. The van der Waals surface area contributed by atoms with Crippen LogP contribution < -0.4 is 5.32 Å². The number of hydrogen-bond acceptors (Lipinski definition) is 2. The van der Waals surface area contributed by atoms with Gasteiger partial charge in [0, 0.05) is 25.3 Å². The zero-order valence-electron chi connectivity index (χ0n) is 9.90. The van der Waals surface area contributed by atoms with E-state index in [-0.39, 0.29) is 16.1 Å². The van der Waals surface area contributed by atoms with Crippen molar-refractivity contribution in [3.8, 4) is 0 Å². The van der Waals surface area contributed by atoms with Crippen molar-refractivity contribution in [2.75, 3.05) is 20.8 Å². The van der Waals surface area contributed by atoms with Gasteiger partial charge < -0.3 is 10.1 Å². The summed E-state index contributed by atoms with van der Waals surface area (Å²) in [7, 11) is 3.38. The molecular weight excluding hydrogens is 292 g/mol. The lowest BCUT2D eigenvalue weighted by atomic mass is 10.0. The van der Waals surface area contributed by atoms with Crippen LogP contribution in [0.5, 0.6) is 0 Å². The van der Waals surface area contributed by atoms with E-state index in [2.05, 4.69) is 21.2 Å². The minimum Gasteiger partial charge on any atom is -0.385 e. The standard InChI is InChI=1S/C12H16BrF2NO/c1-16-8(5-6-17-2)7-9-11(14)4-3-10(13)12(9)15/h3-4,8,16H,5-7H2,1-2H3. The van der Waals surface area contributed by atoms with Crippen molar-refractivity contribution < 1.29 is 13.5 Å². The summed E-state index contributed by atoms with van der Waals surface area (Å²) in [5.41, 5.74) is 0.106. The molecule has 0 bridgehead atoms. The first kappa shape index (κ1) is 14.5. The highest BCUT2D eigenvalue weighted by molar-refractivity contribution is 9.10. The molecule has 0 aliphatic rings. The highest BCUT2D eigenvalue weighted by atomic mass is 79.9. The minimum absolute atomic E-state index is 0.00625. The van der Waals surface area contributed by atoms with Crippen LogP contribution in [0.3, 0.4) is 0 Å². The molecule has 1 aromatic rings. The lowest BCUT2D eigenvalue weighted by molar-refractivity contribution is 0.183. The Labute approximate surface area is 108 Å². The van der Waals surface area contributed by atoms with E-state index in [0.29, 0.717) is 19.4 Å². The number of nitrogens with one attached hydrogen (secondary N) is 1. The molecule has 0 saturated carbocycles. The summed E-state index contributed by atoms with van der Waals surface area (Å²) >= 11 is 3.06. The summed E-state index contributed by atoms with van der Waals surface area (Å²) in [4.78, 5) is 0. The van der Waals surface area contributed by atoms with Crippen molar-refractivity contribution in [2.24, 2.45) is 0 Å². The molecule has 2 nitrogen and oxygen atoms in total. The van der Waals surface area contributed by atoms with E-state index < -0.39 is 11.6 Å². The fourth-order valence-electron chi connectivity index (χ4n) is 1.61. The molecular formula is C12H16BrF2NO. The number of likely N-dealkylation sites (N-methyl/N-ethyl adjacent to an activating group) is 1. The lowest BCUT2D eigenvalue weighted by Crippen LogP contribution is -2.29. The van der Waals surface area contributed by atoms with Gasteiger partial charge in [0.15, 0.2) is 0 Å². The highest BCUT2D eigenvalue weighted by Gasteiger charge is 2.16. The molecule has 0 heterocycles. The normalized spacial score (nSPS) is 12.8. The van der Waals surface area contributed by atoms with Crippen LogP contribution in [0, 0.1) is 11.6 Å². The van der Waals surface area contributed by atoms with E-state index in [4.69, 9.17) is 4.74 Å². The third-order valence-electron chi connectivity index (χ3n) is 2.67. The first-order valence-corrected chi connectivity index (χ1v) is 6.18. The van der Waals surface area contributed by atoms with Gasteiger partial charge in [-0.25, -0.2) is 8.78 Å². The third-order valence-corrected chi connectivity index (χ3v) is 3.28. The first-order chi connectivity index (χ1) is 8.10. The van der Waals surface area contributed by atoms with E-state index in [0.717, 1.165) is 0 Å². The zero-order chi connectivity index (χ0) is 12.8. The molecule has 0 spiro atoms. The van der Waals surface area contributed by atoms with E-state index in [9.17, 15) is 8.78 Å². The predicted octanol–water partition coefficient (Wildman–Crippen LogP) is 2.89. The smallest absolute Gasteiger partial charge is 0.143 e. The van der Waals surface area contributed by atoms with Crippen molar-refractivity contribution in [2.45, 2.75) is 18.9 Å². The summed E-state index contributed by atoms with van der Waals surface area (Å²) < 4.78 is 32.5. The van der Waals surface area contributed by atoms with Gasteiger partial charge in [-0.2, -0.15) is 0 Å². The van der Waals surface area contributed by atoms with Gasteiger partial charge in [0.1, 0.15) is 11.6 Å². The second-order valence-electron chi connectivity index (χ2n) is 3.79. The molecule has 96 valence electrons. The molecule has 0 aliphatic carbocycles. The molecule has 1 unspecified atom stereocenters. The van der Waals surface area contributed by atoms with Gasteiger partial charge in [-0.1, -0.05) is 0 Å². The van der Waals surface area contributed by atoms with Crippen LogP contribution in [0.1, 0.15) is 12.0 Å².